The van der Waals surface area contributed by atoms with Gasteiger partial charge in [0, 0.05) is 22.9 Å². The van der Waals surface area contributed by atoms with Gasteiger partial charge < -0.3 is 5.11 Å². The minimum absolute atomic E-state index is 0.111. The predicted octanol–water partition coefficient (Wildman–Crippen LogP) is 4.05. The molecule has 0 amide bonds. The molecule has 0 unspecified atom stereocenters. The second kappa shape index (κ2) is 5.85. The van der Waals surface area contributed by atoms with Gasteiger partial charge >= 0.3 is 0 Å². The monoisotopic (exact) mass is 279 g/mol. The van der Waals surface area contributed by atoms with Crippen molar-refractivity contribution in [1.29, 1.82) is 0 Å². The Hall–Kier alpha value is -2.52. The molecule has 0 spiro atoms. The van der Waals surface area contributed by atoms with E-state index in [1.807, 2.05) is 36.4 Å². The fraction of sp³-hybridized carbons (Fsp3) is 0.0556. The maximum Gasteiger partial charge on any atom is 0.123 e. The Morgan fingerprint density at radius 2 is 1.57 bits per heavy atom. The topological polar surface area (TPSA) is 33.1 Å². The summed E-state index contributed by atoms with van der Waals surface area (Å²) in [5, 5.41) is 9.59. The number of halogens is 1. The summed E-state index contributed by atoms with van der Waals surface area (Å²) in [5.41, 5.74) is 4.19. The summed E-state index contributed by atoms with van der Waals surface area (Å²) in [7, 11) is 0. The molecule has 3 heteroatoms. The van der Waals surface area contributed by atoms with Crippen LogP contribution < -0.4 is 0 Å². The summed E-state index contributed by atoms with van der Waals surface area (Å²) in [4.78, 5) is 4.44. The fourth-order valence-electron chi connectivity index (χ4n) is 2.29. The maximum absolute atomic E-state index is 13.0. The largest absolute Gasteiger partial charge is 0.392 e. The summed E-state index contributed by atoms with van der Waals surface area (Å²) in [6, 6.07) is 17.9. The lowest BCUT2D eigenvalue weighted by Gasteiger charge is -2.09. The summed E-state index contributed by atoms with van der Waals surface area (Å²) >= 11 is 0. The van der Waals surface area contributed by atoms with Gasteiger partial charge in [0.05, 0.1) is 12.3 Å². The van der Waals surface area contributed by atoms with Gasteiger partial charge in [-0.1, -0.05) is 30.3 Å². The first-order valence-electron chi connectivity index (χ1n) is 6.69. The number of benzene rings is 2. The third-order valence-corrected chi connectivity index (χ3v) is 3.36. The SMILES string of the molecule is OCc1cc(-c2ccccc2)cnc1-c1ccc(F)cc1. The Morgan fingerprint density at radius 3 is 2.24 bits per heavy atom. The van der Waals surface area contributed by atoms with E-state index >= 15 is 0 Å². The highest BCUT2D eigenvalue weighted by molar-refractivity contribution is 5.69. The van der Waals surface area contributed by atoms with Crippen molar-refractivity contribution in [3.05, 3.63) is 78.2 Å². The van der Waals surface area contributed by atoms with Crippen molar-refractivity contribution in [2.45, 2.75) is 6.61 Å². The van der Waals surface area contributed by atoms with E-state index in [1.165, 1.54) is 12.1 Å². The molecule has 0 saturated carbocycles. The van der Waals surface area contributed by atoms with Crippen molar-refractivity contribution in [1.82, 2.24) is 4.98 Å². The minimum Gasteiger partial charge on any atom is -0.392 e. The highest BCUT2D eigenvalue weighted by atomic mass is 19.1. The van der Waals surface area contributed by atoms with E-state index in [4.69, 9.17) is 0 Å². The van der Waals surface area contributed by atoms with E-state index < -0.39 is 0 Å². The van der Waals surface area contributed by atoms with Crippen molar-refractivity contribution in [3.63, 3.8) is 0 Å². The molecule has 3 rings (SSSR count). The van der Waals surface area contributed by atoms with Gasteiger partial charge in [-0.05, 0) is 35.9 Å². The molecule has 0 aliphatic heterocycles. The minimum atomic E-state index is -0.287. The number of aromatic nitrogens is 1. The van der Waals surface area contributed by atoms with Crippen LogP contribution in [-0.2, 0) is 6.61 Å². The third kappa shape index (κ3) is 2.83. The molecule has 0 aliphatic carbocycles. The van der Waals surface area contributed by atoms with Crippen LogP contribution >= 0.6 is 0 Å². The van der Waals surface area contributed by atoms with E-state index in [1.54, 1.807) is 18.3 Å². The molecule has 0 aliphatic rings. The second-order valence-electron chi connectivity index (χ2n) is 4.76. The Labute approximate surface area is 122 Å². The number of rotatable bonds is 3. The summed E-state index contributed by atoms with van der Waals surface area (Å²) in [6.07, 6.45) is 1.77. The van der Waals surface area contributed by atoms with Crippen molar-refractivity contribution in [2.75, 3.05) is 0 Å². The zero-order valence-electron chi connectivity index (χ0n) is 11.3. The smallest absolute Gasteiger partial charge is 0.123 e. The van der Waals surface area contributed by atoms with Gasteiger partial charge in [-0.25, -0.2) is 4.39 Å². The summed E-state index contributed by atoms with van der Waals surface area (Å²) < 4.78 is 13.0. The average Bonchev–Trinajstić information content (AvgIpc) is 2.56. The van der Waals surface area contributed by atoms with Gasteiger partial charge in [-0.15, -0.1) is 0 Å². The summed E-state index contributed by atoms with van der Waals surface area (Å²) in [5.74, 6) is -0.287. The predicted molar refractivity (Wildman–Crippen MR) is 81.0 cm³/mol. The van der Waals surface area contributed by atoms with Gasteiger partial charge in [0.25, 0.3) is 0 Å². The Bertz CT molecular complexity index is 739. The molecular weight excluding hydrogens is 265 g/mol. The molecule has 1 aromatic heterocycles. The van der Waals surface area contributed by atoms with Crippen molar-refractivity contribution in [2.24, 2.45) is 0 Å². The molecule has 104 valence electrons. The van der Waals surface area contributed by atoms with Crippen molar-refractivity contribution < 1.29 is 9.50 Å². The van der Waals surface area contributed by atoms with Crippen LogP contribution in [0.15, 0.2) is 66.9 Å². The molecule has 0 atom stereocenters. The third-order valence-electron chi connectivity index (χ3n) is 3.36. The molecule has 0 radical (unpaired) electrons. The first kappa shape index (κ1) is 13.5. The van der Waals surface area contributed by atoms with Gasteiger partial charge in [0.2, 0.25) is 0 Å². The van der Waals surface area contributed by atoms with Gasteiger partial charge in [-0.2, -0.15) is 0 Å². The molecule has 2 aromatic carbocycles. The molecule has 1 heterocycles. The molecule has 2 nitrogen and oxygen atoms in total. The molecule has 0 bridgehead atoms. The maximum atomic E-state index is 13.0. The molecular formula is C18H14FNO. The van der Waals surface area contributed by atoms with Gasteiger partial charge in [0.15, 0.2) is 0 Å². The van der Waals surface area contributed by atoms with E-state index in [0.29, 0.717) is 5.69 Å². The molecule has 0 saturated heterocycles. The van der Waals surface area contributed by atoms with E-state index in [-0.39, 0.29) is 12.4 Å². The van der Waals surface area contributed by atoms with Crippen LogP contribution in [0.1, 0.15) is 5.56 Å². The normalized spacial score (nSPS) is 10.6. The Morgan fingerprint density at radius 1 is 0.857 bits per heavy atom. The standard InChI is InChI=1S/C18H14FNO/c19-17-8-6-14(7-9-17)18-16(12-21)10-15(11-20-18)13-4-2-1-3-5-13/h1-11,21H,12H2. The number of aliphatic hydroxyl groups is 1. The molecule has 0 fully saturated rings. The summed E-state index contributed by atoms with van der Waals surface area (Å²) in [6.45, 7) is -0.111. The number of hydrogen-bond donors (Lipinski definition) is 1. The number of aliphatic hydroxyl groups excluding tert-OH is 1. The first-order valence-corrected chi connectivity index (χ1v) is 6.69. The fourth-order valence-corrected chi connectivity index (χ4v) is 2.29. The van der Waals surface area contributed by atoms with Crippen LogP contribution in [0.3, 0.4) is 0 Å². The van der Waals surface area contributed by atoms with Crippen LogP contribution in [0.4, 0.5) is 4.39 Å². The highest BCUT2D eigenvalue weighted by Gasteiger charge is 2.08. The van der Waals surface area contributed by atoms with E-state index in [9.17, 15) is 9.50 Å². The van der Waals surface area contributed by atoms with Crippen LogP contribution in [0.5, 0.6) is 0 Å². The van der Waals surface area contributed by atoms with Crippen molar-refractivity contribution in [3.8, 4) is 22.4 Å². The number of nitrogens with zero attached hydrogens (tertiary/aromatic N) is 1. The lowest BCUT2D eigenvalue weighted by molar-refractivity contribution is 0.282. The Kier molecular flexibility index (Phi) is 3.75. The van der Waals surface area contributed by atoms with Crippen LogP contribution in [0.2, 0.25) is 0 Å². The highest BCUT2D eigenvalue weighted by Crippen LogP contribution is 2.26. The van der Waals surface area contributed by atoms with Crippen LogP contribution in [-0.4, -0.2) is 10.1 Å². The van der Waals surface area contributed by atoms with E-state index in [2.05, 4.69) is 4.98 Å². The van der Waals surface area contributed by atoms with Crippen LogP contribution in [0, 0.1) is 5.82 Å². The van der Waals surface area contributed by atoms with Gasteiger partial charge in [0.1, 0.15) is 5.82 Å². The zero-order chi connectivity index (χ0) is 14.7. The quantitative estimate of drug-likeness (QED) is 0.784. The average molecular weight is 279 g/mol. The number of pyridine rings is 1. The lowest BCUT2D eigenvalue weighted by Crippen LogP contribution is -1.95. The van der Waals surface area contributed by atoms with Gasteiger partial charge in [-0.3, -0.25) is 4.98 Å². The molecule has 1 N–H and O–H groups in total. The zero-order valence-corrected chi connectivity index (χ0v) is 11.3. The van der Waals surface area contributed by atoms with Crippen molar-refractivity contribution >= 4 is 0 Å². The first-order chi connectivity index (χ1) is 10.3. The molecule has 21 heavy (non-hydrogen) atoms. The Balaban J connectivity index is 2.06. The molecule has 3 aromatic rings. The second-order valence-corrected chi connectivity index (χ2v) is 4.76. The van der Waals surface area contributed by atoms with Crippen LogP contribution in [0.25, 0.3) is 22.4 Å². The lowest BCUT2D eigenvalue weighted by atomic mass is 10.0. The number of hydrogen-bond acceptors (Lipinski definition) is 2. The van der Waals surface area contributed by atoms with E-state index in [0.717, 1.165) is 22.3 Å².